The van der Waals surface area contributed by atoms with Gasteiger partial charge in [-0.15, -0.1) is 0 Å². The molecular weight excluding hydrogens is 262 g/mol. The van der Waals surface area contributed by atoms with Gasteiger partial charge in [0, 0.05) is 17.7 Å². The van der Waals surface area contributed by atoms with Crippen LogP contribution in [0.1, 0.15) is 31.7 Å². The van der Waals surface area contributed by atoms with Gasteiger partial charge in [-0.1, -0.05) is 6.92 Å². The molecule has 1 fully saturated rings. The summed E-state index contributed by atoms with van der Waals surface area (Å²) >= 11 is 0. The van der Waals surface area contributed by atoms with Gasteiger partial charge >= 0.3 is 0 Å². The fraction of sp³-hybridized carbons (Fsp3) is 0.615. The molecule has 1 amide bonds. The van der Waals surface area contributed by atoms with E-state index in [1.807, 2.05) is 6.92 Å². The van der Waals surface area contributed by atoms with Gasteiger partial charge in [-0.2, -0.15) is 0 Å². The lowest BCUT2D eigenvalue weighted by Gasteiger charge is -2.37. The molecule has 2 rings (SSSR count). The summed E-state index contributed by atoms with van der Waals surface area (Å²) in [6, 6.07) is 1.14. The number of H-pyrrole nitrogens is 2. The second kappa shape index (κ2) is 6.04. The van der Waals surface area contributed by atoms with E-state index in [2.05, 4.69) is 15.5 Å². The van der Waals surface area contributed by atoms with E-state index in [0.29, 0.717) is 12.8 Å². The lowest BCUT2D eigenvalue weighted by molar-refractivity contribution is -0.122. The fourth-order valence-corrected chi connectivity index (χ4v) is 2.53. The Bertz CT molecular complexity index is 586. The van der Waals surface area contributed by atoms with Crippen LogP contribution in [0.3, 0.4) is 0 Å². The van der Waals surface area contributed by atoms with Crippen molar-refractivity contribution in [3.63, 3.8) is 0 Å². The third-order valence-electron chi connectivity index (χ3n) is 3.75. The normalized spacial score (nSPS) is 22.9. The van der Waals surface area contributed by atoms with E-state index in [0.717, 1.165) is 12.5 Å². The summed E-state index contributed by atoms with van der Waals surface area (Å²) in [6.45, 7) is 1.97. The van der Waals surface area contributed by atoms with Crippen LogP contribution in [0.4, 0.5) is 0 Å². The van der Waals surface area contributed by atoms with Crippen molar-refractivity contribution in [3.8, 4) is 0 Å². The summed E-state index contributed by atoms with van der Waals surface area (Å²) in [4.78, 5) is 34.5. The number of aromatic nitrogens is 2. The Kier molecular flexibility index (Phi) is 4.39. The molecule has 1 saturated carbocycles. The topological polar surface area (TPSA) is 115 Å². The molecular formula is C13H19N3O4. The summed E-state index contributed by atoms with van der Waals surface area (Å²) in [5.74, 6) is 0.00532. The van der Waals surface area contributed by atoms with Gasteiger partial charge in [0.25, 0.3) is 11.1 Å². The van der Waals surface area contributed by atoms with Crippen molar-refractivity contribution in [1.82, 2.24) is 15.5 Å². The zero-order valence-electron chi connectivity index (χ0n) is 11.3. The van der Waals surface area contributed by atoms with E-state index < -0.39 is 11.1 Å². The summed E-state index contributed by atoms with van der Waals surface area (Å²) in [7, 11) is 0. The third-order valence-corrected chi connectivity index (χ3v) is 3.75. The Labute approximate surface area is 115 Å². The molecule has 0 aromatic carbocycles. The number of aliphatic hydroxyl groups is 1. The molecule has 0 aliphatic heterocycles. The van der Waals surface area contributed by atoms with Gasteiger partial charge in [0.2, 0.25) is 5.91 Å². The van der Waals surface area contributed by atoms with Gasteiger partial charge in [-0.05, 0) is 25.2 Å². The highest BCUT2D eigenvalue weighted by Crippen LogP contribution is 2.31. The zero-order valence-corrected chi connectivity index (χ0v) is 11.3. The minimum absolute atomic E-state index is 0.00646. The number of rotatable bonds is 5. The summed E-state index contributed by atoms with van der Waals surface area (Å²) < 4.78 is 0. The first-order valence-electron chi connectivity index (χ1n) is 6.78. The minimum atomic E-state index is -0.466. The van der Waals surface area contributed by atoms with Gasteiger partial charge in [0.15, 0.2) is 0 Å². The smallest absolute Gasteiger partial charge is 0.266 e. The van der Waals surface area contributed by atoms with Gasteiger partial charge in [0.1, 0.15) is 0 Å². The Morgan fingerprint density at radius 1 is 1.45 bits per heavy atom. The largest absolute Gasteiger partial charge is 0.393 e. The van der Waals surface area contributed by atoms with Crippen LogP contribution in [-0.2, 0) is 11.2 Å². The molecule has 0 spiro atoms. The highest BCUT2D eigenvalue weighted by molar-refractivity contribution is 5.78. The maximum Gasteiger partial charge on any atom is 0.266 e. The van der Waals surface area contributed by atoms with Crippen molar-refractivity contribution in [2.75, 3.05) is 0 Å². The van der Waals surface area contributed by atoms with Crippen molar-refractivity contribution in [1.29, 1.82) is 0 Å². The molecule has 1 aliphatic rings. The first-order chi connectivity index (χ1) is 9.49. The fourth-order valence-electron chi connectivity index (χ4n) is 2.53. The van der Waals surface area contributed by atoms with E-state index in [1.54, 1.807) is 0 Å². The average Bonchev–Trinajstić information content (AvgIpc) is 2.37. The second-order valence-corrected chi connectivity index (χ2v) is 5.26. The highest BCUT2D eigenvalue weighted by Gasteiger charge is 2.33. The predicted octanol–water partition coefficient (Wildman–Crippen LogP) is -0.729. The molecule has 0 radical (unpaired) electrons. The number of nitrogens with one attached hydrogen (secondary N) is 3. The van der Waals surface area contributed by atoms with Gasteiger partial charge in [0.05, 0.1) is 12.5 Å². The van der Waals surface area contributed by atoms with Crippen LogP contribution in [0, 0.1) is 5.92 Å². The van der Waals surface area contributed by atoms with E-state index in [9.17, 15) is 19.5 Å². The Hall–Kier alpha value is -1.89. The molecule has 1 aromatic heterocycles. The molecule has 0 saturated heterocycles. The number of carbonyl (C=O) groups is 1. The number of aliphatic hydroxyl groups excluding tert-OH is 1. The molecule has 1 atom stereocenters. The van der Waals surface area contributed by atoms with Crippen LogP contribution in [0.2, 0.25) is 0 Å². The maximum atomic E-state index is 11.9. The van der Waals surface area contributed by atoms with Crippen molar-refractivity contribution in [3.05, 3.63) is 32.3 Å². The number of hydrogen-bond donors (Lipinski definition) is 4. The molecule has 7 nitrogen and oxygen atoms in total. The van der Waals surface area contributed by atoms with E-state index in [4.69, 9.17) is 0 Å². The SMILES string of the molecule is CC[C@@H](NC(=O)Cc1cc(=O)[nH][nH]c1=O)C1CC(O)C1. The second-order valence-electron chi connectivity index (χ2n) is 5.26. The summed E-state index contributed by atoms with van der Waals surface area (Å²) in [5, 5.41) is 16.5. The number of hydrogen-bond acceptors (Lipinski definition) is 4. The maximum absolute atomic E-state index is 11.9. The van der Waals surface area contributed by atoms with Gasteiger partial charge in [-0.3, -0.25) is 24.6 Å². The number of amides is 1. The molecule has 4 N–H and O–H groups in total. The highest BCUT2D eigenvalue weighted by atomic mass is 16.3. The first-order valence-corrected chi connectivity index (χ1v) is 6.78. The van der Waals surface area contributed by atoms with Crippen LogP contribution in [0.5, 0.6) is 0 Å². The van der Waals surface area contributed by atoms with E-state index in [-0.39, 0.29) is 36.0 Å². The Balaban J connectivity index is 1.96. The van der Waals surface area contributed by atoms with Gasteiger partial charge in [-0.25, -0.2) is 0 Å². The molecule has 20 heavy (non-hydrogen) atoms. The van der Waals surface area contributed by atoms with Crippen LogP contribution < -0.4 is 16.4 Å². The molecule has 0 bridgehead atoms. The minimum Gasteiger partial charge on any atom is -0.393 e. The number of aromatic amines is 2. The van der Waals surface area contributed by atoms with Crippen LogP contribution in [0.15, 0.2) is 15.7 Å². The standard InChI is InChI=1S/C13H19N3O4/c1-2-10(7-3-9(17)4-7)14-11(18)5-8-6-12(19)15-16-13(8)20/h6-7,9-10,17H,2-5H2,1H3,(H,14,18)(H,15,19)(H,16,20)/t7?,9?,10-/m1/s1. The van der Waals surface area contributed by atoms with E-state index >= 15 is 0 Å². The Morgan fingerprint density at radius 2 is 2.15 bits per heavy atom. The lowest BCUT2D eigenvalue weighted by Crippen LogP contribution is -2.47. The van der Waals surface area contributed by atoms with Crippen molar-refractivity contribution >= 4 is 5.91 Å². The molecule has 1 heterocycles. The van der Waals surface area contributed by atoms with Crippen molar-refractivity contribution in [2.24, 2.45) is 5.92 Å². The van der Waals surface area contributed by atoms with Gasteiger partial charge < -0.3 is 10.4 Å². The Morgan fingerprint density at radius 3 is 2.75 bits per heavy atom. The van der Waals surface area contributed by atoms with Crippen LogP contribution >= 0.6 is 0 Å². The molecule has 7 heteroatoms. The summed E-state index contributed by atoms with van der Waals surface area (Å²) in [6.07, 6.45) is 1.79. The first kappa shape index (κ1) is 14.5. The molecule has 110 valence electrons. The zero-order chi connectivity index (χ0) is 14.7. The molecule has 1 aromatic rings. The average molecular weight is 281 g/mol. The van der Waals surface area contributed by atoms with Crippen molar-refractivity contribution < 1.29 is 9.90 Å². The van der Waals surface area contributed by atoms with Crippen molar-refractivity contribution in [2.45, 2.75) is 44.8 Å². The van der Waals surface area contributed by atoms with Crippen LogP contribution in [-0.4, -0.2) is 33.4 Å². The monoisotopic (exact) mass is 281 g/mol. The number of carbonyl (C=O) groups excluding carboxylic acids is 1. The summed E-state index contributed by atoms with van der Waals surface area (Å²) in [5.41, 5.74) is -0.761. The lowest BCUT2D eigenvalue weighted by atomic mass is 9.76. The predicted molar refractivity (Wildman–Crippen MR) is 72.3 cm³/mol. The quantitative estimate of drug-likeness (QED) is 0.569. The van der Waals surface area contributed by atoms with Crippen LogP contribution in [0.25, 0.3) is 0 Å². The molecule has 1 aliphatic carbocycles. The third kappa shape index (κ3) is 3.36. The molecule has 0 unspecified atom stereocenters. The van der Waals surface area contributed by atoms with E-state index in [1.165, 1.54) is 0 Å².